The highest BCUT2D eigenvalue weighted by molar-refractivity contribution is 5.91. The Labute approximate surface area is 100 Å². The average Bonchev–Trinajstić information content (AvgIpc) is 2.44. The van der Waals surface area contributed by atoms with Crippen molar-refractivity contribution in [3.63, 3.8) is 0 Å². The molecule has 0 unspecified atom stereocenters. The van der Waals surface area contributed by atoms with Crippen LogP contribution in [0.4, 0.5) is 0 Å². The molecule has 4 heteroatoms. The summed E-state index contributed by atoms with van der Waals surface area (Å²) in [5.41, 5.74) is 2.41. The molecule has 1 aromatic carbocycles. The molecule has 0 aliphatic carbocycles. The number of carbonyl (C=O) groups is 1. The van der Waals surface area contributed by atoms with Gasteiger partial charge in [-0.3, -0.25) is 0 Å². The number of ether oxygens (including phenoxy) is 3. The molecule has 92 valence electrons. The molecule has 2 aliphatic heterocycles. The van der Waals surface area contributed by atoms with Crippen molar-refractivity contribution < 1.29 is 19.0 Å². The third-order valence-corrected chi connectivity index (χ3v) is 2.68. The van der Waals surface area contributed by atoms with Crippen molar-refractivity contribution in [1.29, 1.82) is 0 Å². The number of hydrogen-bond acceptors (Lipinski definition) is 4. The van der Waals surface area contributed by atoms with Crippen LogP contribution < -0.4 is 0 Å². The Morgan fingerprint density at radius 1 is 1.24 bits per heavy atom. The molecular formula is C13H16O4. The number of hydrogen-bond donors (Lipinski definition) is 0. The molecule has 0 spiro atoms. The van der Waals surface area contributed by atoms with E-state index in [1.54, 1.807) is 0 Å². The maximum Gasteiger partial charge on any atom is 0.338 e. The van der Waals surface area contributed by atoms with Gasteiger partial charge in [0.2, 0.25) is 0 Å². The lowest BCUT2D eigenvalue weighted by molar-refractivity contribution is 0.0586. The smallest absolute Gasteiger partial charge is 0.338 e. The minimum Gasteiger partial charge on any atom is -0.465 e. The van der Waals surface area contributed by atoms with Crippen molar-refractivity contribution >= 4 is 5.97 Å². The highest BCUT2D eigenvalue weighted by Crippen LogP contribution is 2.16. The van der Waals surface area contributed by atoms with Crippen LogP contribution in [-0.4, -0.2) is 26.3 Å². The summed E-state index contributed by atoms with van der Waals surface area (Å²) in [6.07, 6.45) is 0.869. The fourth-order valence-electron chi connectivity index (χ4n) is 1.77. The molecule has 17 heavy (non-hydrogen) atoms. The normalized spacial score (nSPS) is 16.3. The van der Waals surface area contributed by atoms with Gasteiger partial charge in [0.25, 0.3) is 0 Å². The maximum absolute atomic E-state index is 11.7. The molecule has 2 heterocycles. The summed E-state index contributed by atoms with van der Waals surface area (Å²) in [6.45, 7) is 2.27. The summed E-state index contributed by atoms with van der Waals surface area (Å²) in [6, 6.07) is 5.67. The minimum atomic E-state index is -0.329. The summed E-state index contributed by atoms with van der Waals surface area (Å²) in [5.74, 6) is -0.329. The third kappa shape index (κ3) is 3.05. The van der Waals surface area contributed by atoms with Crippen LogP contribution in [0.2, 0.25) is 0 Å². The number of methoxy groups -OCH3 is 1. The minimum absolute atomic E-state index is 0.329. The van der Waals surface area contributed by atoms with Crippen molar-refractivity contribution in [3.05, 3.63) is 34.9 Å². The van der Waals surface area contributed by atoms with Crippen LogP contribution in [0, 0.1) is 0 Å². The lowest BCUT2D eigenvalue weighted by atomic mass is 10.0. The molecule has 3 rings (SSSR count). The van der Waals surface area contributed by atoms with Crippen LogP contribution in [-0.2, 0) is 27.4 Å². The van der Waals surface area contributed by atoms with Crippen LogP contribution in [0.15, 0.2) is 18.2 Å². The highest BCUT2D eigenvalue weighted by Gasteiger charge is 2.13. The predicted molar refractivity (Wildman–Crippen MR) is 61.7 cm³/mol. The Balaban J connectivity index is 2.31. The number of esters is 1. The van der Waals surface area contributed by atoms with E-state index in [-0.39, 0.29) is 5.97 Å². The van der Waals surface area contributed by atoms with Gasteiger partial charge in [-0.15, -0.1) is 0 Å². The number of rotatable bonds is 1. The van der Waals surface area contributed by atoms with Crippen molar-refractivity contribution in [1.82, 2.24) is 0 Å². The van der Waals surface area contributed by atoms with Gasteiger partial charge in [-0.25, -0.2) is 4.79 Å². The largest absolute Gasteiger partial charge is 0.465 e. The van der Waals surface area contributed by atoms with Crippen molar-refractivity contribution in [2.45, 2.75) is 19.6 Å². The van der Waals surface area contributed by atoms with E-state index in [4.69, 9.17) is 14.2 Å². The summed E-state index contributed by atoms with van der Waals surface area (Å²) in [7, 11) is 1.38. The van der Waals surface area contributed by atoms with E-state index in [0.29, 0.717) is 32.0 Å². The standard InChI is InChI=1S/C13H16O4/c1-15-13(14)12-7-10-3-4-11(12)9-17-6-2-5-16-8-10/h3-4,7H,2,5-6,8-9H2,1H3. The molecule has 1 aromatic rings. The summed E-state index contributed by atoms with van der Waals surface area (Å²) >= 11 is 0. The van der Waals surface area contributed by atoms with Gasteiger partial charge in [0.15, 0.2) is 0 Å². The van der Waals surface area contributed by atoms with Crippen LogP contribution >= 0.6 is 0 Å². The van der Waals surface area contributed by atoms with Crippen LogP contribution in [0.25, 0.3) is 0 Å². The lowest BCUT2D eigenvalue weighted by Gasteiger charge is -2.09. The zero-order chi connectivity index (χ0) is 12.1. The van der Waals surface area contributed by atoms with E-state index in [2.05, 4.69) is 0 Å². The van der Waals surface area contributed by atoms with Gasteiger partial charge in [0.1, 0.15) is 0 Å². The van der Waals surface area contributed by atoms with Gasteiger partial charge >= 0.3 is 5.97 Å². The second kappa shape index (κ2) is 5.80. The van der Waals surface area contributed by atoms with E-state index in [1.807, 2.05) is 18.2 Å². The van der Waals surface area contributed by atoms with E-state index in [1.165, 1.54) is 7.11 Å². The molecule has 0 saturated heterocycles. The van der Waals surface area contributed by atoms with Gasteiger partial charge in [0, 0.05) is 13.2 Å². The zero-order valence-electron chi connectivity index (χ0n) is 9.90. The third-order valence-electron chi connectivity index (χ3n) is 2.68. The van der Waals surface area contributed by atoms with Gasteiger partial charge in [-0.05, 0) is 23.6 Å². The Morgan fingerprint density at radius 3 is 2.76 bits per heavy atom. The molecular weight excluding hydrogens is 220 g/mol. The molecule has 4 nitrogen and oxygen atoms in total. The molecule has 0 radical (unpaired) electrons. The second-order valence-corrected chi connectivity index (χ2v) is 3.94. The molecule has 2 aliphatic rings. The predicted octanol–water partition coefficient (Wildman–Crippen LogP) is 1.91. The summed E-state index contributed by atoms with van der Waals surface area (Å²) in [4.78, 5) is 11.7. The Bertz CT molecular complexity index is 400. The Hall–Kier alpha value is -1.39. The molecule has 0 fully saturated rings. The van der Waals surface area contributed by atoms with Gasteiger partial charge < -0.3 is 14.2 Å². The van der Waals surface area contributed by atoms with E-state index >= 15 is 0 Å². The topological polar surface area (TPSA) is 44.8 Å². The van der Waals surface area contributed by atoms with Crippen LogP contribution in [0.3, 0.4) is 0 Å². The van der Waals surface area contributed by atoms with E-state index in [0.717, 1.165) is 17.5 Å². The first-order valence-electron chi connectivity index (χ1n) is 5.67. The first kappa shape index (κ1) is 12.1. The van der Waals surface area contributed by atoms with Crippen LogP contribution in [0.1, 0.15) is 27.9 Å². The molecule has 0 aromatic heterocycles. The monoisotopic (exact) mass is 236 g/mol. The van der Waals surface area contributed by atoms with Gasteiger partial charge in [-0.2, -0.15) is 0 Å². The molecule has 0 amide bonds. The fraction of sp³-hybridized carbons (Fsp3) is 0.462. The number of benzene rings is 1. The summed E-state index contributed by atoms with van der Waals surface area (Å²) in [5, 5.41) is 0. The maximum atomic E-state index is 11.7. The first-order chi connectivity index (χ1) is 8.31. The molecule has 0 N–H and O–H groups in total. The molecule has 0 saturated carbocycles. The van der Waals surface area contributed by atoms with Crippen molar-refractivity contribution in [2.75, 3.05) is 20.3 Å². The fourth-order valence-corrected chi connectivity index (χ4v) is 1.77. The number of fused-ring (bicyclic) bond motifs is 8. The van der Waals surface area contributed by atoms with Gasteiger partial charge in [-0.1, -0.05) is 12.1 Å². The Morgan fingerprint density at radius 2 is 2.00 bits per heavy atom. The second-order valence-electron chi connectivity index (χ2n) is 3.94. The SMILES string of the molecule is COC(=O)c1cc2ccc1COCCCOC2. The average molecular weight is 236 g/mol. The number of carbonyl (C=O) groups excluding carboxylic acids is 1. The van der Waals surface area contributed by atoms with Gasteiger partial charge in [0.05, 0.1) is 25.9 Å². The summed E-state index contributed by atoms with van der Waals surface area (Å²) < 4.78 is 15.7. The lowest BCUT2D eigenvalue weighted by Crippen LogP contribution is -2.08. The first-order valence-corrected chi connectivity index (χ1v) is 5.67. The van der Waals surface area contributed by atoms with Crippen molar-refractivity contribution in [2.24, 2.45) is 0 Å². The van der Waals surface area contributed by atoms with Crippen molar-refractivity contribution in [3.8, 4) is 0 Å². The zero-order valence-corrected chi connectivity index (χ0v) is 9.90. The molecule has 2 bridgehead atoms. The highest BCUT2D eigenvalue weighted by atomic mass is 16.5. The Kier molecular flexibility index (Phi) is 4.12. The van der Waals surface area contributed by atoms with E-state index < -0.39 is 0 Å². The quantitative estimate of drug-likeness (QED) is 0.699. The molecule has 0 atom stereocenters. The van der Waals surface area contributed by atoms with E-state index in [9.17, 15) is 4.79 Å². The van der Waals surface area contributed by atoms with Crippen LogP contribution in [0.5, 0.6) is 0 Å².